The van der Waals surface area contributed by atoms with Crippen LogP contribution in [0.2, 0.25) is 0 Å². The lowest BCUT2D eigenvalue weighted by atomic mass is 9.82. The standard InChI is InChI=1S/C27H27P/c1-5-11-24-19(7-1)13-15-21-17-28(23-9-3-4-10-23)18-22-16-14-20-8-2-6-12-25(20)27(22)26(21)24/h1-2,5-8,11-15,22-23H,3-4,9-10,16-18H2. The normalized spacial score (nSPS) is 24.2. The predicted octanol–water partition coefficient (Wildman–Crippen LogP) is 5.78. The Kier molecular flexibility index (Phi) is 4.16. The highest BCUT2D eigenvalue weighted by Crippen LogP contribution is 2.57. The molecular formula is C27H27P. The van der Waals surface area contributed by atoms with Crippen molar-refractivity contribution in [2.24, 2.45) is 5.92 Å². The lowest BCUT2D eigenvalue weighted by Gasteiger charge is -2.27. The van der Waals surface area contributed by atoms with Gasteiger partial charge in [-0.3, -0.25) is 0 Å². The summed E-state index contributed by atoms with van der Waals surface area (Å²) in [6.45, 7) is 0. The van der Waals surface area contributed by atoms with Crippen molar-refractivity contribution in [1.29, 1.82) is 0 Å². The predicted molar refractivity (Wildman–Crippen MR) is 122 cm³/mol. The Morgan fingerprint density at radius 2 is 1.64 bits per heavy atom. The SMILES string of the molecule is C1=c2ccccc2=C2c3c(ccc4ccccc34)CP(C3CCCC3)CC2C1. The van der Waals surface area contributed by atoms with Crippen molar-refractivity contribution in [2.75, 3.05) is 6.16 Å². The highest BCUT2D eigenvalue weighted by Gasteiger charge is 2.34. The molecule has 1 fully saturated rings. The molecule has 3 aromatic rings. The smallest absolute Gasteiger partial charge is 0.00641 e. The van der Waals surface area contributed by atoms with Crippen LogP contribution in [0.3, 0.4) is 0 Å². The van der Waals surface area contributed by atoms with Gasteiger partial charge in [0.1, 0.15) is 0 Å². The van der Waals surface area contributed by atoms with Crippen LogP contribution in [-0.2, 0) is 6.16 Å². The van der Waals surface area contributed by atoms with Crippen LogP contribution < -0.4 is 10.4 Å². The first-order chi connectivity index (χ1) is 13.9. The van der Waals surface area contributed by atoms with Crippen LogP contribution in [0.15, 0.2) is 60.7 Å². The van der Waals surface area contributed by atoms with Gasteiger partial charge in [-0.2, -0.15) is 0 Å². The topological polar surface area (TPSA) is 0 Å². The van der Waals surface area contributed by atoms with E-state index in [2.05, 4.69) is 66.7 Å². The highest BCUT2D eigenvalue weighted by atomic mass is 31.1. The van der Waals surface area contributed by atoms with Gasteiger partial charge in [-0.1, -0.05) is 87.5 Å². The Labute approximate surface area is 168 Å². The van der Waals surface area contributed by atoms with Gasteiger partial charge in [-0.05, 0) is 81.1 Å². The summed E-state index contributed by atoms with van der Waals surface area (Å²) in [7, 11) is 0.0848. The van der Waals surface area contributed by atoms with E-state index in [1.165, 1.54) is 65.6 Å². The van der Waals surface area contributed by atoms with E-state index in [1.807, 2.05) is 0 Å². The molecule has 0 aromatic heterocycles. The van der Waals surface area contributed by atoms with Crippen LogP contribution in [0, 0.1) is 5.92 Å². The molecule has 3 aromatic carbocycles. The summed E-state index contributed by atoms with van der Waals surface area (Å²) in [5.41, 5.74) is 5.89. The molecule has 1 heteroatoms. The molecule has 2 atom stereocenters. The van der Waals surface area contributed by atoms with E-state index in [9.17, 15) is 0 Å². The summed E-state index contributed by atoms with van der Waals surface area (Å²) >= 11 is 0. The minimum Gasteiger partial charge on any atom is -0.0984 e. The molecule has 2 aliphatic carbocycles. The molecule has 2 unspecified atom stereocenters. The molecule has 28 heavy (non-hydrogen) atoms. The van der Waals surface area contributed by atoms with Gasteiger partial charge in [0.05, 0.1) is 0 Å². The highest BCUT2D eigenvalue weighted by molar-refractivity contribution is 7.57. The zero-order valence-corrected chi connectivity index (χ0v) is 17.3. The third-order valence-corrected chi connectivity index (χ3v) is 10.4. The van der Waals surface area contributed by atoms with Crippen molar-refractivity contribution < 1.29 is 0 Å². The second kappa shape index (κ2) is 6.85. The third kappa shape index (κ3) is 2.69. The molecule has 0 spiro atoms. The van der Waals surface area contributed by atoms with Gasteiger partial charge in [0.2, 0.25) is 0 Å². The molecule has 3 aliphatic rings. The van der Waals surface area contributed by atoms with E-state index >= 15 is 0 Å². The summed E-state index contributed by atoms with van der Waals surface area (Å²) in [5.74, 6) is 0.702. The third-order valence-electron chi connectivity index (χ3n) is 7.24. The number of benzene rings is 3. The molecule has 1 aliphatic heterocycles. The molecule has 6 rings (SSSR count). The van der Waals surface area contributed by atoms with Crippen LogP contribution in [0.25, 0.3) is 22.4 Å². The lowest BCUT2D eigenvalue weighted by Crippen LogP contribution is -2.33. The van der Waals surface area contributed by atoms with Crippen molar-refractivity contribution in [2.45, 2.75) is 43.9 Å². The van der Waals surface area contributed by atoms with Gasteiger partial charge in [0, 0.05) is 0 Å². The number of hydrogen-bond donors (Lipinski definition) is 0. The Morgan fingerprint density at radius 3 is 2.57 bits per heavy atom. The number of hydrogen-bond acceptors (Lipinski definition) is 0. The molecule has 0 nitrogen and oxygen atoms in total. The van der Waals surface area contributed by atoms with Crippen LogP contribution >= 0.6 is 7.92 Å². The second-order valence-corrected chi connectivity index (χ2v) is 11.4. The van der Waals surface area contributed by atoms with Gasteiger partial charge in [0.25, 0.3) is 0 Å². The molecule has 0 radical (unpaired) electrons. The first-order valence-corrected chi connectivity index (χ1v) is 12.7. The van der Waals surface area contributed by atoms with Crippen LogP contribution in [-0.4, -0.2) is 11.8 Å². The Bertz CT molecular complexity index is 1170. The molecule has 1 heterocycles. The Hall–Kier alpha value is -1.91. The molecule has 0 amide bonds. The van der Waals surface area contributed by atoms with Crippen LogP contribution in [0.5, 0.6) is 0 Å². The average molecular weight is 382 g/mol. The second-order valence-electron chi connectivity index (χ2n) is 8.83. The largest absolute Gasteiger partial charge is 0.0984 e. The van der Waals surface area contributed by atoms with E-state index in [0.717, 1.165) is 5.66 Å². The van der Waals surface area contributed by atoms with Crippen molar-refractivity contribution in [3.63, 3.8) is 0 Å². The lowest BCUT2D eigenvalue weighted by molar-refractivity contribution is 0.773. The fraction of sp³-hybridized carbons (Fsp3) is 0.333. The van der Waals surface area contributed by atoms with E-state index in [4.69, 9.17) is 0 Å². The zero-order valence-electron chi connectivity index (χ0n) is 16.4. The van der Waals surface area contributed by atoms with Crippen LogP contribution in [0.1, 0.15) is 43.2 Å². The van der Waals surface area contributed by atoms with Crippen molar-refractivity contribution in [3.8, 4) is 0 Å². The van der Waals surface area contributed by atoms with Crippen molar-refractivity contribution in [3.05, 3.63) is 82.2 Å². The first kappa shape index (κ1) is 17.0. The number of fused-ring (bicyclic) bond motifs is 6. The summed E-state index contributed by atoms with van der Waals surface area (Å²) < 4.78 is 0. The first-order valence-electron chi connectivity index (χ1n) is 10.9. The van der Waals surface area contributed by atoms with E-state index in [1.54, 1.807) is 16.7 Å². The molecule has 0 bridgehead atoms. The summed E-state index contributed by atoms with van der Waals surface area (Å²) in [4.78, 5) is 0. The maximum atomic E-state index is 2.52. The van der Waals surface area contributed by atoms with Crippen molar-refractivity contribution >= 4 is 30.3 Å². The van der Waals surface area contributed by atoms with Gasteiger partial charge in [0.15, 0.2) is 0 Å². The molecule has 0 N–H and O–H groups in total. The van der Waals surface area contributed by atoms with E-state index in [0.29, 0.717) is 5.92 Å². The van der Waals surface area contributed by atoms with Gasteiger partial charge in [-0.25, -0.2) is 0 Å². The summed E-state index contributed by atoms with van der Waals surface area (Å²) in [6.07, 6.45) is 12.4. The molecule has 1 saturated carbocycles. The maximum Gasteiger partial charge on any atom is -0.00641 e. The molecular weight excluding hydrogens is 355 g/mol. The Morgan fingerprint density at radius 1 is 0.821 bits per heavy atom. The molecule has 0 saturated heterocycles. The fourth-order valence-electron chi connectivity index (χ4n) is 5.91. The van der Waals surface area contributed by atoms with Gasteiger partial charge in [-0.15, -0.1) is 0 Å². The van der Waals surface area contributed by atoms with Crippen molar-refractivity contribution in [1.82, 2.24) is 0 Å². The minimum absolute atomic E-state index is 0.0848. The summed E-state index contributed by atoms with van der Waals surface area (Å²) in [5, 5.41) is 5.81. The van der Waals surface area contributed by atoms with E-state index in [-0.39, 0.29) is 7.92 Å². The van der Waals surface area contributed by atoms with E-state index < -0.39 is 0 Å². The fourth-order valence-corrected chi connectivity index (χ4v) is 9.29. The van der Waals surface area contributed by atoms with Gasteiger partial charge >= 0.3 is 0 Å². The zero-order chi connectivity index (χ0) is 18.5. The quantitative estimate of drug-likeness (QED) is 0.468. The van der Waals surface area contributed by atoms with Crippen LogP contribution in [0.4, 0.5) is 0 Å². The van der Waals surface area contributed by atoms with Gasteiger partial charge < -0.3 is 0 Å². The number of rotatable bonds is 1. The minimum atomic E-state index is 0.0848. The maximum absolute atomic E-state index is 2.52. The molecule has 140 valence electrons. The summed E-state index contributed by atoms with van der Waals surface area (Å²) in [6, 6.07) is 23.0. The Balaban J connectivity index is 1.67. The monoisotopic (exact) mass is 382 g/mol. The average Bonchev–Trinajstić information content (AvgIpc) is 3.22.